The summed E-state index contributed by atoms with van der Waals surface area (Å²) in [5, 5.41) is 21.8. The summed E-state index contributed by atoms with van der Waals surface area (Å²) in [6.45, 7) is 6.90. The van der Waals surface area contributed by atoms with Crippen molar-refractivity contribution in [3.05, 3.63) is 21.9 Å². The van der Waals surface area contributed by atoms with Gasteiger partial charge in [-0.3, -0.25) is 19.7 Å². The van der Waals surface area contributed by atoms with E-state index in [0.29, 0.717) is 45.2 Å². The van der Waals surface area contributed by atoms with E-state index in [0.717, 1.165) is 39.3 Å². The van der Waals surface area contributed by atoms with Gasteiger partial charge in [-0.05, 0) is 77.5 Å². The van der Waals surface area contributed by atoms with Crippen molar-refractivity contribution in [1.29, 1.82) is 0 Å². The highest BCUT2D eigenvalue weighted by atomic mass is 19.1. The van der Waals surface area contributed by atoms with Crippen molar-refractivity contribution < 1.29 is 28.4 Å². The van der Waals surface area contributed by atoms with E-state index < -0.39 is 36.2 Å². The van der Waals surface area contributed by atoms with Crippen molar-refractivity contribution >= 4 is 11.7 Å². The van der Waals surface area contributed by atoms with Crippen molar-refractivity contribution in [2.24, 2.45) is 5.92 Å². The molecule has 3 aliphatic carbocycles. The lowest BCUT2D eigenvalue weighted by Gasteiger charge is -2.61. The maximum atomic E-state index is 16.2. The van der Waals surface area contributed by atoms with Crippen LogP contribution >= 0.6 is 0 Å². The number of amides is 1. The molecule has 5 aliphatic heterocycles. The van der Waals surface area contributed by atoms with E-state index >= 15 is 4.39 Å². The molecule has 8 rings (SSSR count). The molecule has 7 fully saturated rings. The number of fused-ring (bicyclic) bond motifs is 4. The third-order valence-electron chi connectivity index (χ3n) is 12.8. The van der Waals surface area contributed by atoms with Crippen LogP contribution in [0.15, 0.2) is 11.8 Å². The van der Waals surface area contributed by atoms with Crippen LogP contribution in [0.1, 0.15) is 64.2 Å². The molecule has 3 saturated carbocycles. The first-order chi connectivity index (χ1) is 23.3. The number of halogens is 1. The molecule has 5 heterocycles. The van der Waals surface area contributed by atoms with E-state index in [1.54, 1.807) is 6.20 Å². The van der Waals surface area contributed by atoms with E-state index in [4.69, 9.17) is 9.47 Å². The predicted octanol–water partition coefficient (Wildman–Crippen LogP) is 0.601. The number of ketones is 1. The van der Waals surface area contributed by atoms with Gasteiger partial charge in [0.2, 0.25) is 6.04 Å². The van der Waals surface area contributed by atoms with Gasteiger partial charge < -0.3 is 40.1 Å². The smallest absolute Gasteiger partial charge is 0.256 e. The second-order valence-electron chi connectivity index (χ2n) is 15.6. The zero-order valence-electron chi connectivity index (χ0n) is 27.8. The summed E-state index contributed by atoms with van der Waals surface area (Å²) in [6, 6.07) is -1.61. The van der Waals surface area contributed by atoms with Crippen LogP contribution in [0.4, 0.5) is 4.39 Å². The Kier molecular flexibility index (Phi) is 9.49. The van der Waals surface area contributed by atoms with Gasteiger partial charge in [-0.25, -0.2) is 4.39 Å². The largest absolute Gasteiger partial charge is 0.371 e. The second kappa shape index (κ2) is 13.8. The van der Waals surface area contributed by atoms with Crippen molar-refractivity contribution in [2.45, 2.75) is 131 Å². The van der Waals surface area contributed by atoms with Crippen LogP contribution in [0.25, 0.3) is 0 Å². The molecule has 0 aromatic heterocycles. The number of rotatable bonds is 9. The lowest BCUT2D eigenvalue weighted by molar-refractivity contribution is -0.529. The van der Waals surface area contributed by atoms with E-state index in [1.807, 2.05) is 0 Å². The van der Waals surface area contributed by atoms with Crippen molar-refractivity contribution in [1.82, 2.24) is 30.7 Å². The zero-order chi connectivity index (χ0) is 32.9. The minimum atomic E-state index is -1.28. The zero-order valence-corrected chi connectivity index (χ0v) is 27.8. The van der Waals surface area contributed by atoms with Crippen LogP contribution in [0, 0.1) is 16.0 Å². The third-order valence-corrected chi connectivity index (χ3v) is 12.8. The highest BCUT2D eigenvalue weighted by molar-refractivity contribution is 6.20. The fraction of sp³-hybridized carbons (Fsp3) is 0.882. The molecule has 13 nitrogen and oxygen atoms in total. The number of likely N-dealkylation sites (tertiary alicyclic amines) is 2. The topological polar surface area (TPSA) is 142 Å². The Hall–Kier alpha value is -2.23. The standard InChI is InChI=1S/C34H52FN7O6/c35-23-16-21-31-33(30(23)36-7-13-39-9-1-2-10-39)48-29-17-25-28(47-27-15-20(42(45)46)5-6-24(27)38-25)18-26(29)41(31)19-22(32(21)43)34(44)37-8-14-40-11-3-4-12-40/h19-21,23-31,33,36,38H,1-18H2,(H,37,44). The molecule has 14 heteroatoms. The lowest BCUT2D eigenvalue weighted by Crippen LogP contribution is -2.75. The number of alkyl halides is 1. The molecule has 266 valence electrons. The van der Waals surface area contributed by atoms with Gasteiger partial charge in [0.15, 0.2) is 5.78 Å². The molecule has 1 amide bonds. The summed E-state index contributed by atoms with van der Waals surface area (Å²) < 4.78 is 29.8. The number of hydrogen-bond acceptors (Lipinski definition) is 11. The van der Waals surface area contributed by atoms with Gasteiger partial charge in [-0.15, -0.1) is 0 Å². The minimum absolute atomic E-state index is 0.0158. The van der Waals surface area contributed by atoms with Gasteiger partial charge in [0, 0.05) is 68.1 Å². The molecule has 48 heavy (non-hydrogen) atoms. The fourth-order valence-electron chi connectivity index (χ4n) is 10.3. The van der Waals surface area contributed by atoms with Crippen LogP contribution < -0.4 is 16.0 Å². The predicted molar refractivity (Wildman–Crippen MR) is 174 cm³/mol. The fourth-order valence-corrected chi connectivity index (χ4v) is 10.3. The number of carbonyl (C=O) groups is 2. The van der Waals surface area contributed by atoms with E-state index in [9.17, 15) is 19.7 Å². The maximum Gasteiger partial charge on any atom is 0.256 e. The van der Waals surface area contributed by atoms with Crippen LogP contribution in [-0.4, -0.2) is 151 Å². The number of nitro groups is 1. The molecule has 4 saturated heterocycles. The van der Waals surface area contributed by atoms with Gasteiger partial charge in [0.05, 0.1) is 48.1 Å². The van der Waals surface area contributed by atoms with Crippen molar-refractivity contribution in [2.75, 3.05) is 52.4 Å². The van der Waals surface area contributed by atoms with Crippen molar-refractivity contribution in [3.8, 4) is 0 Å². The molecule has 0 aromatic carbocycles. The number of nitrogens with zero attached hydrogens (tertiary/aromatic N) is 4. The molecule has 0 aromatic rings. The summed E-state index contributed by atoms with van der Waals surface area (Å²) in [4.78, 5) is 45.9. The number of nitrogens with one attached hydrogen (secondary N) is 3. The number of carbonyl (C=O) groups excluding carboxylic acids is 2. The Balaban J connectivity index is 1.03. The van der Waals surface area contributed by atoms with Gasteiger partial charge in [-0.1, -0.05) is 0 Å². The van der Waals surface area contributed by atoms with Gasteiger partial charge >= 0.3 is 0 Å². The molecule has 12 unspecified atom stereocenters. The highest BCUT2D eigenvalue weighted by Gasteiger charge is 2.60. The lowest BCUT2D eigenvalue weighted by atomic mass is 9.69. The molecule has 0 spiro atoms. The first-order valence-electron chi connectivity index (χ1n) is 18.7. The van der Waals surface area contributed by atoms with Crippen LogP contribution in [0.2, 0.25) is 0 Å². The van der Waals surface area contributed by atoms with E-state index in [2.05, 4.69) is 30.7 Å². The average Bonchev–Trinajstić information content (AvgIpc) is 3.80. The summed E-state index contributed by atoms with van der Waals surface area (Å²) in [5.74, 6) is -1.36. The van der Waals surface area contributed by atoms with Gasteiger partial charge in [0.1, 0.15) is 6.17 Å². The summed E-state index contributed by atoms with van der Waals surface area (Å²) in [7, 11) is 0. The monoisotopic (exact) mass is 673 g/mol. The van der Waals surface area contributed by atoms with E-state index in [1.165, 1.54) is 25.7 Å². The van der Waals surface area contributed by atoms with Gasteiger partial charge in [-0.2, -0.15) is 0 Å². The molecule has 8 aliphatic rings. The number of ether oxygens (including phenoxy) is 2. The Labute approximate surface area is 281 Å². The quantitative estimate of drug-likeness (QED) is 0.180. The average molecular weight is 674 g/mol. The molecule has 0 radical (unpaired) electrons. The summed E-state index contributed by atoms with van der Waals surface area (Å²) in [5.41, 5.74) is 0.107. The molecule has 3 N–H and O–H groups in total. The van der Waals surface area contributed by atoms with Gasteiger partial charge in [0.25, 0.3) is 5.91 Å². The van der Waals surface area contributed by atoms with Crippen molar-refractivity contribution in [3.63, 3.8) is 0 Å². The highest BCUT2D eigenvalue weighted by Crippen LogP contribution is 2.47. The molecular weight excluding hydrogens is 621 g/mol. The first kappa shape index (κ1) is 32.9. The van der Waals surface area contributed by atoms with Crippen LogP contribution in [0.3, 0.4) is 0 Å². The second-order valence-corrected chi connectivity index (χ2v) is 15.6. The molecule has 0 bridgehead atoms. The number of morpholine rings is 2. The number of Topliss-reactive ketones (excluding diaryl/α,β-unsaturated/α-hetero) is 1. The Morgan fingerprint density at radius 3 is 2.38 bits per heavy atom. The van der Waals surface area contributed by atoms with Crippen LogP contribution in [-0.2, 0) is 19.1 Å². The summed E-state index contributed by atoms with van der Waals surface area (Å²) in [6.07, 6.45) is 6.95. The van der Waals surface area contributed by atoms with Crippen LogP contribution in [0.5, 0.6) is 0 Å². The Morgan fingerprint density at radius 1 is 0.938 bits per heavy atom. The third kappa shape index (κ3) is 6.30. The maximum absolute atomic E-state index is 16.2. The SMILES string of the molecule is O=C(NCCN1CCCC1)C1=CN2C3CC4OC5CC([N+](=O)[O-])CCC5NC4CC3OC3C(NCCN4CCCC4)C(F)CC(C1=O)C32. The number of hydrogen-bond donors (Lipinski definition) is 3. The Morgan fingerprint density at radius 2 is 1.65 bits per heavy atom. The normalized spacial score (nSPS) is 42.7. The first-order valence-corrected chi connectivity index (χ1v) is 18.7. The Bertz CT molecular complexity index is 1260. The molecular formula is C34H52FN7O6. The minimum Gasteiger partial charge on any atom is -0.371 e. The van der Waals surface area contributed by atoms with E-state index in [-0.39, 0.29) is 65.2 Å². The summed E-state index contributed by atoms with van der Waals surface area (Å²) >= 11 is 0. The molecule has 12 atom stereocenters.